The predicted molar refractivity (Wildman–Crippen MR) is 119 cm³/mol. The third kappa shape index (κ3) is 8.21. The van der Waals surface area contributed by atoms with E-state index in [1.165, 1.54) is 42.1 Å². The second-order valence-corrected chi connectivity index (χ2v) is 7.72. The number of guanidine groups is 1. The number of rotatable bonds is 8. The van der Waals surface area contributed by atoms with Gasteiger partial charge in [0, 0.05) is 43.2 Å². The highest BCUT2D eigenvalue weighted by Crippen LogP contribution is 2.18. The monoisotopic (exact) mass is 479 g/mol. The maximum absolute atomic E-state index is 4.75. The van der Waals surface area contributed by atoms with Crippen molar-refractivity contribution in [2.75, 3.05) is 32.7 Å². The molecule has 0 spiro atoms. The van der Waals surface area contributed by atoms with Crippen molar-refractivity contribution in [2.45, 2.75) is 58.9 Å². The highest BCUT2D eigenvalue weighted by Gasteiger charge is 2.19. The summed E-state index contributed by atoms with van der Waals surface area (Å²) in [5, 5.41) is 7.96. The minimum absolute atomic E-state index is 0. The Hall–Kier alpha value is -0.410. The highest BCUT2D eigenvalue weighted by atomic mass is 127. The van der Waals surface area contributed by atoms with E-state index in [4.69, 9.17) is 4.99 Å². The molecule has 144 valence electrons. The van der Waals surface area contributed by atoms with Crippen LogP contribution in [0.3, 0.4) is 0 Å². The molecule has 5 nitrogen and oxygen atoms in total. The van der Waals surface area contributed by atoms with Crippen LogP contribution in [0, 0.1) is 6.92 Å². The molecular formula is C18H34IN5S. The van der Waals surface area contributed by atoms with Gasteiger partial charge in [0.1, 0.15) is 0 Å². The molecule has 0 aliphatic carbocycles. The summed E-state index contributed by atoms with van der Waals surface area (Å²) in [6.07, 6.45) is 8.24. The van der Waals surface area contributed by atoms with E-state index in [2.05, 4.69) is 41.3 Å². The first kappa shape index (κ1) is 22.6. The smallest absolute Gasteiger partial charge is 0.191 e. The molecule has 7 heteroatoms. The van der Waals surface area contributed by atoms with Crippen molar-refractivity contribution in [3.8, 4) is 0 Å². The van der Waals surface area contributed by atoms with Gasteiger partial charge < -0.3 is 10.6 Å². The van der Waals surface area contributed by atoms with Gasteiger partial charge in [0.2, 0.25) is 0 Å². The van der Waals surface area contributed by atoms with E-state index < -0.39 is 0 Å². The molecule has 2 heterocycles. The van der Waals surface area contributed by atoms with Crippen LogP contribution in [-0.4, -0.2) is 54.6 Å². The number of aromatic nitrogens is 1. The zero-order chi connectivity index (χ0) is 17.2. The van der Waals surface area contributed by atoms with Crippen LogP contribution in [0.25, 0.3) is 0 Å². The second kappa shape index (κ2) is 12.9. The maximum Gasteiger partial charge on any atom is 0.191 e. The quantitative estimate of drug-likeness (QED) is 0.341. The number of nitrogens with zero attached hydrogens (tertiary/aromatic N) is 3. The average Bonchev–Trinajstić information content (AvgIpc) is 3.00. The van der Waals surface area contributed by atoms with E-state index >= 15 is 0 Å². The van der Waals surface area contributed by atoms with Crippen LogP contribution in [-0.2, 0) is 6.42 Å². The number of halogens is 1. The Kier molecular flexibility index (Phi) is 11.6. The van der Waals surface area contributed by atoms with Gasteiger partial charge in [-0.1, -0.05) is 13.3 Å². The van der Waals surface area contributed by atoms with Crippen LogP contribution in [0.15, 0.2) is 11.2 Å². The molecule has 0 radical (unpaired) electrons. The van der Waals surface area contributed by atoms with Gasteiger partial charge in [-0.15, -0.1) is 35.3 Å². The number of nitrogens with one attached hydrogen (secondary N) is 2. The molecule has 1 aliphatic rings. The number of aryl methyl sites for hydroxylation is 1. The van der Waals surface area contributed by atoms with Gasteiger partial charge >= 0.3 is 0 Å². The number of thiazole rings is 1. The summed E-state index contributed by atoms with van der Waals surface area (Å²) in [4.78, 5) is 13.1. The van der Waals surface area contributed by atoms with Crippen molar-refractivity contribution in [1.82, 2.24) is 20.5 Å². The number of hydrogen-bond acceptors (Lipinski definition) is 4. The molecule has 2 N–H and O–H groups in total. The van der Waals surface area contributed by atoms with Gasteiger partial charge in [0.05, 0.1) is 11.6 Å². The molecule has 1 fully saturated rings. The van der Waals surface area contributed by atoms with Crippen LogP contribution in [0.1, 0.15) is 49.4 Å². The van der Waals surface area contributed by atoms with Gasteiger partial charge in [0.25, 0.3) is 0 Å². The van der Waals surface area contributed by atoms with Gasteiger partial charge in [-0.25, -0.2) is 4.98 Å². The Morgan fingerprint density at radius 2 is 2.20 bits per heavy atom. The maximum atomic E-state index is 4.75. The standard InChI is InChI=1S/C18H33N5S.HI/c1-4-16-8-6-7-12-23(16)13-11-21-18(19-5-2)20-10-9-17-22-14-15(3)24-17;/h14,16H,4-13H2,1-3H3,(H2,19,20,21);1H. The van der Waals surface area contributed by atoms with Crippen molar-refractivity contribution >= 4 is 41.3 Å². The summed E-state index contributed by atoms with van der Waals surface area (Å²) in [6, 6.07) is 0.762. The van der Waals surface area contributed by atoms with E-state index in [1.807, 2.05) is 6.20 Å². The Bertz CT molecular complexity index is 505. The minimum Gasteiger partial charge on any atom is -0.357 e. The first-order valence-corrected chi connectivity index (χ1v) is 10.2. The second-order valence-electron chi connectivity index (χ2n) is 6.40. The molecule has 0 bridgehead atoms. The molecule has 1 atom stereocenters. The lowest BCUT2D eigenvalue weighted by molar-refractivity contribution is 0.148. The molecule has 1 aromatic rings. The molecule has 0 aromatic carbocycles. The lowest BCUT2D eigenvalue weighted by atomic mass is 10.0. The van der Waals surface area contributed by atoms with Crippen molar-refractivity contribution < 1.29 is 0 Å². The van der Waals surface area contributed by atoms with Gasteiger partial charge in [-0.05, 0) is 39.7 Å². The predicted octanol–water partition coefficient (Wildman–Crippen LogP) is 3.43. The van der Waals surface area contributed by atoms with Crippen LogP contribution < -0.4 is 10.6 Å². The number of hydrogen-bond donors (Lipinski definition) is 2. The molecular weight excluding hydrogens is 445 g/mol. The molecule has 1 unspecified atom stereocenters. The fraction of sp³-hybridized carbons (Fsp3) is 0.778. The van der Waals surface area contributed by atoms with E-state index in [1.54, 1.807) is 11.3 Å². The average molecular weight is 479 g/mol. The normalized spacial score (nSPS) is 18.7. The first-order chi connectivity index (χ1) is 11.7. The fourth-order valence-corrected chi connectivity index (χ4v) is 4.04. The number of likely N-dealkylation sites (tertiary alicyclic amines) is 1. The Balaban J connectivity index is 0.00000312. The third-order valence-electron chi connectivity index (χ3n) is 4.52. The summed E-state index contributed by atoms with van der Waals surface area (Å²) in [5.74, 6) is 0.927. The van der Waals surface area contributed by atoms with Gasteiger partial charge in [-0.2, -0.15) is 0 Å². The van der Waals surface area contributed by atoms with Crippen LogP contribution >= 0.6 is 35.3 Å². The summed E-state index contributed by atoms with van der Waals surface area (Å²) in [6.45, 7) is 11.5. The van der Waals surface area contributed by atoms with E-state index in [0.29, 0.717) is 0 Å². The highest BCUT2D eigenvalue weighted by molar-refractivity contribution is 14.0. The summed E-state index contributed by atoms with van der Waals surface area (Å²) in [7, 11) is 0. The zero-order valence-corrected chi connectivity index (χ0v) is 19.0. The summed E-state index contributed by atoms with van der Waals surface area (Å²) < 4.78 is 0. The van der Waals surface area contributed by atoms with Gasteiger partial charge in [0.15, 0.2) is 5.96 Å². The molecule has 1 aromatic heterocycles. The van der Waals surface area contributed by atoms with E-state index in [-0.39, 0.29) is 24.0 Å². The Morgan fingerprint density at radius 3 is 2.88 bits per heavy atom. The van der Waals surface area contributed by atoms with E-state index in [0.717, 1.165) is 44.6 Å². The number of aliphatic imine (C=N–C) groups is 1. The Morgan fingerprint density at radius 1 is 1.36 bits per heavy atom. The SMILES string of the molecule is CCNC(=NCCN1CCCCC1CC)NCCc1ncc(C)s1.I. The third-order valence-corrected chi connectivity index (χ3v) is 5.49. The molecule has 1 aliphatic heterocycles. The van der Waals surface area contributed by atoms with Gasteiger partial charge in [-0.3, -0.25) is 9.89 Å². The topological polar surface area (TPSA) is 52.6 Å². The molecule has 0 amide bonds. The molecule has 2 rings (SSSR count). The van der Waals surface area contributed by atoms with Crippen LogP contribution in [0.4, 0.5) is 0 Å². The largest absolute Gasteiger partial charge is 0.357 e. The lowest BCUT2D eigenvalue weighted by Crippen LogP contribution is -2.42. The van der Waals surface area contributed by atoms with Crippen molar-refractivity contribution in [3.63, 3.8) is 0 Å². The first-order valence-electron chi connectivity index (χ1n) is 9.40. The van der Waals surface area contributed by atoms with Crippen molar-refractivity contribution in [1.29, 1.82) is 0 Å². The molecule has 25 heavy (non-hydrogen) atoms. The summed E-state index contributed by atoms with van der Waals surface area (Å²) in [5.41, 5.74) is 0. The lowest BCUT2D eigenvalue weighted by Gasteiger charge is -2.34. The molecule has 0 saturated carbocycles. The Labute approximate surface area is 174 Å². The van der Waals surface area contributed by atoms with Crippen LogP contribution in [0.2, 0.25) is 0 Å². The fourth-order valence-electron chi connectivity index (χ4n) is 3.25. The zero-order valence-electron chi connectivity index (χ0n) is 15.9. The number of piperidine rings is 1. The molecule has 1 saturated heterocycles. The van der Waals surface area contributed by atoms with E-state index in [9.17, 15) is 0 Å². The van der Waals surface area contributed by atoms with Crippen molar-refractivity contribution in [3.05, 3.63) is 16.1 Å². The van der Waals surface area contributed by atoms with Crippen molar-refractivity contribution in [2.24, 2.45) is 4.99 Å². The summed E-state index contributed by atoms with van der Waals surface area (Å²) >= 11 is 1.77. The van der Waals surface area contributed by atoms with Crippen LogP contribution in [0.5, 0.6) is 0 Å². The minimum atomic E-state index is 0.